The number of esters is 1. The number of rotatable bonds is 5. The summed E-state index contributed by atoms with van der Waals surface area (Å²) in [6.07, 6.45) is 0. The molecule has 0 aliphatic rings. The number of benzene rings is 2. The molecule has 5 nitrogen and oxygen atoms in total. The molecule has 0 aliphatic carbocycles. The number of aromatic nitrogens is 1. The lowest BCUT2D eigenvalue weighted by Crippen LogP contribution is -2.22. The Hall–Kier alpha value is -2.99. The van der Waals surface area contributed by atoms with Gasteiger partial charge in [0.2, 0.25) is 5.91 Å². The molecule has 1 amide bonds. The number of carbonyl (C=O) groups is 2. The highest BCUT2D eigenvalue weighted by atomic mass is 32.1. The molecule has 6 heteroatoms. The minimum atomic E-state index is -0.401. The average Bonchev–Trinajstić information content (AvgIpc) is 3.09. The quantitative estimate of drug-likeness (QED) is 0.624. The van der Waals surface area contributed by atoms with Crippen molar-refractivity contribution >= 4 is 34.0 Å². The zero-order chi connectivity index (χ0) is 18.5. The summed E-state index contributed by atoms with van der Waals surface area (Å²) in [6, 6.07) is 16.5. The van der Waals surface area contributed by atoms with Crippen LogP contribution in [0, 0.1) is 6.92 Å². The lowest BCUT2D eigenvalue weighted by molar-refractivity contribution is -0.115. The van der Waals surface area contributed by atoms with Gasteiger partial charge < -0.3 is 4.74 Å². The van der Waals surface area contributed by atoms with Gasteiger partial charge in [0.1, 0.15) is 6.61 Å². The highest BCUT2D eigenvalue weighted by Gasteiger charge is 2.18. The second-order valence-corrected chi connectivity index (χ2v) is 6.59. The first kappa shape index (κ1) is 17.8. The van der Waals surface area contributed by atoms with Gasteiger partial charge in [0.05, 0.1) is 16.9 Å². The number of hydrogen-bond acceptors (Lipinski definition) is 5. The maximum Gasteiger partial charge on any atom is 0.338 e. The van der Waals surface area contributed by atoms with Gasteiger partial charge in [-0.15, -0.1) is 11.3 Å². The molecular formula is C20H18N2O3S. The van der Waals surface area contributed by atoms with Gasteiger partial charge in [-0.3, -0.25) is 9.69 Å². The molecule has 2 aromatic carbocycles. The third-order valence-electron chi connectivity index (χ3n) is 3.67. The van der Waals surface area contributed by atoms with Crippen LogP contribution in [0.4, 0.5) is 10.8 Å². The third kappa shape index (κ3) is 4.15. The highest BCUT2D eigenvalue weighted by Crippen LogP contribution is 2.29. The Morgan fingerprint density at radius 3 is 2.58 bits per heavy atom. The molecule has 1 aromatic heterocycles. The van der Waals surface area contributed by atoms with Crippen molar-refractivity contribution < 1.29 is 14.3 Å². The molecule has 3 aromatic rings. The largest absolute Gasteiger partial charge is 0.456 e. The topological polar surface area (TPSA) is 59.5 Å². The van der Waals surface area contributed by atoms with Gasteiger partial charge in [-0.25, -0.2) is 9.78 Å². The van der Waals surface area contributed by atoms with E-state index in [1.807, 2.05) is 37.3 Å². The first-order chi connectivity index (χ1) is 12.5. The summed E-state index contributed by atoms with van der Waals surface area (Å²) in [5, 5.41) is 2.34. The van der Waals surface area contributed by atoms with Gasteiger partial charge in [0.15, 0.2) is 5.13 Å². The number of thiazole rings is 1. The van der Waals surface area contributed by atoms with E-state index in [1.165, 1.54) is 18.3 Å². The van der Waals surface area contributed by atoms with E-state index in [2.05, 4.69) is 4.98 Å². The third-order valence-corrected chi connectivity index (χ3v) is 4.54. The van der Waals surface area contributed by atoms with E-state index < -0.39 is 5.97 Å². The fourth-order valence-corrected chi connectivity index (χ4v) is 3.33. The second kappa shape index (κ2) is 7.93. The molecule has 0 unspecified atom stereocenters. The molecule has 0 fully saturated rings. The normalized spacial score (nSPS) is 10.4. The molecule has 0 saturated heterocycles. The van der Waals surface area contributed by atoms with Gasteiger partial charge in [0, 0.05) is 12.3 Å². The SMILES string of the molecule is CC(=O)N(c1cccc(C)c1)c1nc(COC(=O)c2ccccc2)cs1. The van der Waals surface area contributed by atoms with Gasteiger partial charge in [-0.1, -0.05) is 30.3 Å². The first-order valence-corrected chi connectivity index (χ1v) is 8.96. The molecule has 132 valence electrons. The lowest BCUT2D eigenvalue weighted by Gasteiger charge is -2.18. The van der Waals surface area contributed by atoms with E-state index in [-0.39, 0.29) is 12.5 Å². The second-order valence-electron chi connectivity index (χ2n) is 5.76. The molecule has 1 heterocycles. The molecule has 0 radical (unpaired) electrons. The van der Waals surface area contributed by atoms with Crippen molar-refractivity contribution in [1.29, 1.82) is 0 Å². The van der Waals surface area contributed by atoms with Crippen molar-refractivity contribution in [2.75, 3.05) is 4.90 Å². The average molecular weight is 366 g/mol. The maximum atomic E-state index is 12.1. The summed E-state index contributed by atoms with van der Waals surface area (Å²) in [4.78, 5) is 30.1. The molecule has 0 aliphatic heterocycles. The van der Waals surface area contributed by atoms with Crippen molar-refractivity contribution in [3.8, 4) is 0 Å². The molecule has 0 atom stereocenters. The molecule has 0 spiro atoms. The lowest BCUT2D eigenvalue weighted by atomic mass is 10.2. The molecule has 26 heavy (non-hydrogen) atoms. The van der Waals surface area contributed by atoms with Crippen LogP contribution in [0.3, 0.4) is 0 Å². The minimum absolute atomic E-state index is 0.0593. The van der Waals surface area contributed by atoms with E-state index in [0.29, 0.717) is 16.4 Å². The maximum absolute atomic E-state index is 12.1. The fraction of sp³-hybridized carbons (Fsp3) is 0.150. The van der Waals surface area contributed by atoms with Crippen LogP contribution in [0.5, 0.6) is 0 Å². The van der Waals surface area contributed by atoms with Crippen LogP contribution in [0.2, 0.25) is 0 Å². The zero-order valence-electron chi connectivity index (χ0n) is 14.5. The Morgan fingerprint density at radius 2 is 1.88 bits per heavy atom. The van der Waals surface area contributed by atoms with E-state index in [0.717, 1.165) is 11.3 Å². The van der Waals surface area contributed by atoms with Crippen LogP contribution in [-0.4, -0.2) is 16.9 Å². The summed E-state index contributed by atoms with van der Waals surface area (Å²) >= 11 is 1.34. The number of aryl methyl sites for hydroxylation is 1. The van der Waals surface area contributed by atoms with Gasteiger partial charge in [-0.2, -0.15) is 0 Å². The number of anilines is 2. The van der Waals surface area contributed by atoms with Crippen molar-refractivity contribution in [3.63, 3.8) is 0 Å². The highest BCUT2D eigenvalue weighted by molar-refractivity contribution is 7.14. The number of carbonyl (C=O) groups excluding carboxylic acids is 2. The van der Waals surface area contributed by atoms with Crippen molar-refractivity contribution in [1.82, 2.24) is 4.98 Å². The van der Waals surface area contributed by atoms with Crippen molar-refractivity contribution in [3.05, 3.63) is 76.8 Å². The Kier molecular flexibility index (Phi) is 5.43. The minimum Gasteiger partial charge on any atom is -0.456 e. The first-order valence-electron chi connectivity index (χ1n) is 8.08. The van der Waals surface area contributed by atoms with E-state index in [4.69, 9.17) is 4.74 Å². The van der Waals surface area contributed by atoms with E-state index >= 15 is 0 Å². The fourth-order valence-electron chi connectivity index (χ4n) is 2.46. The summed E-state index contributed by atoms with van der Waals surface area (Å²) in [5.41, 5.74) is 2.92. The number of ether oxygens (including phenoxy) is 1. The van der Waals surface area contributed by atoms with Gasteiger partial charge >= 0.3 is 5.97 Å². The van der Waals surface area contributed by atoms with Crippen LogP contribution >= 0.6 is 11.3 Å². The van der Waals surface area contributed by atoms with Gasteiger partial charge in [-0.05, 0) is 36.8 Å². The molecule has 0 N–H and O–H groups in total. The van der Waals surface area contributed by atoms with E-state index in [9.17, 15) is 9.59 Å². The van der Waals surface area contributed by atoms with Crippen LogP contribution in [-0.2, 0) is 16.1 Å². The van der Waals surface area contributed by atoms with E-state index in [1.54, 1.807) is 34.5 Å². The van der Waals surface area contributed by atoms with Crippen molar-refractivity contribution in [2.24, 2.45) is 0 Å². The van der Waals surface area contributed by atoms with Crippen molar-refractivity contribution in [2.45, 2.75) is 20.5 Å². The summed E-state index contributed by atoms with van der Waals surface area (Å²) in [6.45, 7) is 3.53. The molecule has 0 bridgehead atoms. The van der Waals surface area contributed by atoms with Crippen LogP contribution in [0.25, 0.3) is 0 Å². The summed E-state index contributed by atoms with van der Waals surface area (Å²) in [5.74, 6) is -0.528. The zero-order valence-corrected chi connectivity index (χ0v) is 15.3. The van der Waals surface area contributed by atoms with Gasteiger partial charge in [0.25, 0.3) is 0 Å². The Morgan fingerprint density at radius 1 is 1.12 bits per heavy atom. The Labute approximate surface area is 155 Å². The summed E-state index contributed by atoms with van der Waals surface area (Å²) in [7, 11) is 0. The summed E-state index contributed by atoms with van der Waals surface area (Å²) < 4.78 is 5.29. The van der Waals surface area contributed by atoms with Crippen LogP contribution < -0.4 is 4.90 Å². The predicted molar refractivity (Wildman–Crippen MR) is 102 cm³/mol. The Bertz CT molecular complexity index is 922. The molecule has 3 rings (SSSR count). The molecular weight excluding hydrogens is 348 g/mol. The standard InChI is InChI=1S/C20H18N2O3S/c1-14-7-6-10-18(11-14)22(15(2)23)20-21-17(13-26-20)12-25-19(24)16-8-4-3-5-9-16/h3-11,13H,12H2,1-2H3. The monoisotopic (exact) mass is 366 g/mol. The number of amides is 1. The van der Waals surface area contributed by atoms with Crippen LogP contribution in [0.1, 0.15) is 28.5 Å². The number of hydrogen-bond donors (Lipinski definition) is 0. The molecule has 0 saturated carbocycles. The van der Waals surface area contributed by atoms with Crippen LogP contribution in [0.15, 0.2) is 60.0 Å². The Balaban J connectivity index is 1.73. The smallest absolute Gasteiger partial charge is 0.338 e. The predicted octanol–water partition coefficient (Wildman–Crippen LogP) is 4.49. The number of nitrogens with zero attached hydrogens (tertiary/aromatic N) is 2.